The van der Waals surface area contributed by atoms with Crippen molar-refractivity contribution < 1.29 is 9.47 Å². The van der Waals surface area contributed by atoms with E-state index in [9.17, 15) is 0 Å². The summed E-state index contributed by atoms with van der Waals surface area (Å²) in [6.07, 6.45) is 1.92. The molecule has 0 fully saturated rings. The second-order valence-corrected chi connectivity index (χ2v) is 19.7. The van der Waals surface area contributed by atoms with E-state index >= 15 is 0 Å². The van der Waals surface area contributed by atoms with Gasteiger partial charge in [-0.05, 0) is 188 Å². The van der Waals surface area contributed by atoms with E-state index in [1.54, 1.807) is 0 Å². The number of nitrogens with zero attached hydrogens (tertiary/aromatic N) is 2. The standard InChI is InChI=1S/C70H56N2O2/c1-5-43-73-53-35-31-51(32-36-53)71(49-27-23-45(3)24-28-49)61-41-39-59-65-55(61)19-13-21-57(65)67-63(47-15-9-7-10-16-47)68-58-22-14-20-56-62(42-40-60(66(56)58)70(68)64(69(59)67)48-17-11-8-12-18-48)72(50-29-25-46(4)26-30-50)52-33-37-54(38-34-52)74-44-6-2/h7-42H,5-6,43-44H2,1-4H3. The van der Waals surface area contributed by atoms with Crippen molar-refractivity contribution in [2.24, 2.45) is 0 Å². The maximum Gasteiger partial charge on any atom is 0.119 e. The Bertz CT molecular complexity index is 3800. The summed E-state index contributed by atoms with van der Waals surface area (Å²) in [6, 6.07) is 80.6. The van der Waals surface area contributed by atoms with Crippen LogP contribution in [0.15, 0.2) is 218 Å². The van der Waals surface area contributed by atoms with Crippen molar-refractivity contribution >= 4 is 98.8 Å². The molecule has 13 rings (SSSR count). The number of benzene rings is 11. The summed E-state index contributed by atoms with van der Waals surface area (Å²) in [6.45, 7) is 9.96. The summed E-state index contributed by atoms with van der Waals surface area (Å²) >= 11 is 0. The molecule has 0 saturated heterocycles. The molecule has 0 unspecified atom stereocenters. The first-order chi connectivity index (χ1) is 36.5. The Morgan fingerprint density at radius 3 is 0.973 bits per heavy atom. The van der Waals surface area contributed by atoms with Crippen LogP contribution in [0.1, 0.15) is 37.8 Å². The van der Waals surface area contributed by atoms with Gasteiger partial charge in [-0.15, -0.1) is 0 Å². The lowest BCUT2D eigenvalue weighted by atomic mass is 9.87. The largest absolute Gasteiger partial charge is 0.494 e. The monoisotopic (exact) mass is 956 g/mol. The number of anilines is 6. The molecule has 0 atom stereocenters. The lowest BCUT2D eigenvalue weighted by Gasteiger charge is -2.27. The third-order valence-electron chi connectivity index (χ3n) is 14.9. The average molecular weight is 957 g/mol. The minimum absolute atomic E-state index is 0.689. The molecule has 0 N–H and O–H groups in total. The Labute approximate surface area is 432 Å². The highest BCUT2D eigenvalue weighted by Gasteiger charge is 2.30. The lowest BCUT2D eigenvalue weighted by Crippen LogP contribution is -2.10. The minimum Gasteiger partial charge on any atom is -0.494 e. The highest BCUT2D eigenvalue weighted by Crippen LogP contribution is 2.57. The molecule has 0 aromatic heterocycles. The molecule has 0 heterocycles. The molecule has 0 aliphatic heterocycles. The first kappa shape index (κ1) is 45.0. The van der Waals surface area contributed by atoms with Gasteiger partial charge in [0.15, 0.2) is 0 Å². The Balaban J connectivity index is 1.13. The Kier molecular flexibility index (Phi) is 11.3. The number of rotatable bonds is 14. The zero-order chi connectivity index (χ0) is 49.9. The van der Waals surface area contributed by atoms with Crippen molar-refractivity contribution in [3.8, 4) is 33.8 Å². The summed E-state index contributed by atoms with van der Waals surface area (Å²) in [5, 5.41) is 15.1. The molecule has 13 aromatic carbocycles. The van der Waals surface area contributed by atoms with Gasteiger partial charge in [0.05, 0.1) is 24.6 Å². The van der Waals surface area contributed by atoms with E-state index in [4.69, 9.17) is 9.47 Å². The molecule has 4 nitrogen and oxygen atoms in total. The Hall–Kier alpha value is -8.86. The van der Waals surface area contributed by atoms with Crippen molar-refractivity contribution in [2.45, 2.75) is 40.5 Å². The van der Waals surface area contributed by atoms with Crippen LogP contribution >= 0.6 is 0 Å². The third-order valence-corrected chi connectivity index (χ3v) is 14.9. The molecule has 74 heavy (non-hydrogen) atoms. The highest BCUT2D eigenvalue weighted by molar-refractivity contribution is 6.47. The molecule has 0 saturated carbocycles. The van der Waals surface area contributed by atoms with Crippen LogP contribution < -0.4 is 19.3 Å². The normalized spacial score (nSPS) is 11.7. The van der Waals surface area contributed by atoms with Gasteiger partial charge in [0.25, 0.3) is 0 Å². The Morgan fingerprint density at radius 1 is 0.297 bits per heavy atom. The van der Waals surface area contributed by atoms with Crippen molar-refractivity contribution in [3.63, 3.8) is 0 Å². The second-order valence-electron chi connectivity index (χ2n) is 19.7. The maximum atomic E-state index is 6.08. The minimum atomic E-state index is 0.689. The van der Waals surface area contributed by atoms with E-state index < -0.39 is 0 Å². The molecular formula is C70H56N2O2. The van der Waals surface area contributed by atoms with Gasteiger partial charge in [0.2, 0.25) is 0 Å². The SMILES string of the molecule is CCCOc1ccc(N(c2ccc(C)cc2)c2ccc3c4c(-c5ccccc5)c5c6ccc(N(c7ccc(C)cc7)c7ccc(OCCC)cc7)c7cccc(c5c(-c5ccccc5)c4c4cccc2c43)c76)cc1. The molecule has 13 aromatic rings. The van der Waals surface area contributed by atoms with E-state index in [2.05, 4.69) is 256 Å². The zero-order valence-electron chi connectivity index (χ0n) is 42.3. The van der Waals surface area contributed by atoms with Crippen molar-refractivity contribution in [1.29, 1.82) is 0 Å². The van der Waals surface area contributed by atoms with Crippen LogP contribution in [0.2, 0.25) is 0 Å². The predicted molar refractivity (Wildman–Crippen MR) is 315 cm³/mol. The number of ether oxygens (including phenoxy) is 2. The molecule has 358 valence electrons. The fourth-order valence-electron chi connectivity index (χ4n) is 11.7. The van der Waals surface area contributed by atoms with Gasteiger partial charge in [-0.25, -0.2) is 0 Å². The van der Waals surface area contributed by atoms with Gasteiger partial charge in [0.1, 0.15) is 11.5 Å². The molecule has 0 amide bonds. The van der Waals surface area contributed by atoms with Gasteiger partial charge in [-0.1, -0.05) is 158 Å². The van der Waals surface area contributed by atoms with Crippen LogP contribution in [0.25, 0.3) is 86.9 Å². The van der Waals surface area contributed by atoms with Gasteiger partial charge in [0, 0.05) is 33.5 Å². The van der Waals surface area contributed by atoms with E-state index in [1.165, 1.54) is 98.0 Å². The van der Waals surface area contributed by atoms with Gasteiger partial charge < -0.3 is 19.3 Å². The van der Waals surface area contributed by atoms with Gasteiger partial charge >= 0.3 is 0 Å². The summed E-state index contributed by atoms with van der Waals surface area (Å²) in [7, 11) is 0. The maximum absolute atomic E-state index is 6.08. The number of hydrogen-bond donors (Lipinski definition) is 0. The molecule has 0 bridgehead atoms. The zero-order valence-corrected chi connectivity index (χ0v) is 42.3. The summed E-state index contributed by atoms with van der Waals surface area (Å²) in [5.74, 6) is 1.76. The molecule has 0 spiro atoms. The quantitative estimate of drug-likeness (QED) is 0.108. The highest BCUT2D eigenvalue weighted by atomic mass is 16.5. The predicted octanol–water partition coefficient (Wildman–Crippen LogP) is 19.9. The molecular weight excluding hydrogens is 901 g/mol. The van der Waals surface area contributed by atoms with Crippen LogP contribution in [0.4, 0.5) is 34.1 Å². The van der Waals surface area contributed by atoms with Crippen LogP contribution in [0.5, 0.6) is 11.5 Å². The lowest BCUT2D eigenvalue weighted by molar-refractivity contribution is 0.317. The number of aryl methyl sites for hydroxylation is 2. The summed E-state index contributed by atoms with van der Waals surface area (Å²) in [5.41, 5.74) is 14.0. The average Bonchev–Trinajstić information content (AvgIpc) is 3.99. The van der Waals surface area contributed by atoms with Crippen LogP contribution in [-0.4, -0.2) is 13.2 Å². The van der Waals surface area contributed by atoms with Crippen molar-refractivity contribution in [3.05, 3.63) is 230 Å². The first-order valence-electron chi connectivity index (χ1n) is 26.2. The topological polar surface area (TPSA) is 24.9 Å². The first-order valence-corrected chi connectivity index (χ1v) is 26.2. The summed E-state index contributed by atoms with van der Waals surface area (Å²) in [4.78, 5) is 4.82. The molecule has 4 heteroatoms. The van der Waals surface area contributed by atoms with Crippen LogP contribution in [0, 0.1) is 13.8 Å². The van der Waals surface area contributed by atoms with Crippen LogP contribution in [0.3, 0.4) is 0 Å². The molecule has 0 aliphatic rings. The van der Waals surface area contributed by atoms with Crippen molar-refractivity contribution in [2.75, 3.05) is 23.0 Å². The number of hydrogen-bond acceptors (Lipinski definition) is 4. The van der Waals surface area contributed by atoms with E-state index in [-0.39, 0.29) is 0 Å². The molecule has 0 aliphatic carbocycles. The third kappa shape index (κ3) is 7.43. The van der Waals surface area contributed by atoms with E-state index in [0.29, 0.717) is 13.2 Å². The fourth-order valence-corrected chi connectivity index (χ4v) is 11.7. The fraction of sp³-hybridized carbons (Fsp3) is 0.114. The smallest absolute Gasteiger partial charge is 0.119 e. The van der Waals surface area contributed by atoms with Crippen LogP contribution in [-0.2, 0) is 0 Å². The van der Waals surface area contributed by atoms with Crippen molar-refractivity contribution in [1.82, 2.24) is 0 Å². The van der Waals surface area contributed by atoms with E-state index in [1.807, 2.05) is 0 Å². The Morgan fingerprint density at radius 2 is 0.622 bits per heavy atom. The van der Waals surface area contributed by atoms with Gasteiger partial charge in [-0.3, -0.25) is 0 Å². The second kappa shape index (κ2) is 18.6. The van der Waals surface area contributed by atoms with Gasteiger partial charge in [-0.2, -0.15) is 0 Å². The number of fused-ring (bicyclic) bond motifs is 6. The molecule has 0 radical (unpaired) electrons. The summed E-state index contributed by atoms with van der Waals surface area (Å²) < 4.78 is 12.2. The van der Waals surface area contributed by atoms with E-state index in [0.717, 1.165) is 58.5 Å².